The predicted octanol–water partition coefficient (Wildman–Crippen LogP) is 3.10. The van der Waals surface area contributed by atoms with Crippen LogP contribution in [0.15, 0.2) is 18.2 Å². The van der Waals surface area contributed by atoms with Crippen molar-refractivity contribution < 1.29 is 9.72 Å². The number of carbonyl (C=O) groups is 1. The second-order valence-corrected chi connectivity index (χ2v) is 5.80. The first-order valence-electron chi connectivity index (χ1n) is 6.17. The number of nitro benzene ring substituents is 1. The van der Waals surface area contributed by atoms with Crippen LogP contribution in [-0.4, -0.2) is 28.8 Å². The van der Waals surface area contributed by atoms with E-state index in [0.717, 1.165) is 19.3 Å². The number of anilines is 1. The lowest BCUT2D eigenvalue weighted by molar-refractivity contribution is -0.384. The van der Waals surface area contributed by atoms with Crippen LogP contribution >= 0.6 is 11.8 Å². The van der Waals surface area contributed by atoms with Crippen LogP contribution in [0.4, 0.5) is 11.4 Å². The number of nitrogens with one attached hydrogen (secondary N) is 1. The van der Waals surface area contributed by atoms with Gasteiger partial charge in [-0.15, -0.1) is 0 Å². The van der Waals surface area contributed by atoms with E-state index in [-0.39, 0.29) is 11.7 Å². The van der Waals surface area contributed by atoms with Gasteiger partial charge in [0.15, 0.2) is 0 Å². The molecule has 1 fully saturated rings. The average molecular weight is 280 g/mol. The minimum atomic E-state index is -0.448. The van der Waals surface area contributed by atoms with Gasteiger partial charge in [-0.2, -0.15) is 11.8 Å². The number of thioether (sulfide) groups is 1. The van der Waals surface area contributed by atoms with Gasteiger partial charge in [0.1, 0.15) is 12.0 Å². The molecule has 1 aromatic rings. The average Bonchev–Trinajstić information content (AvgIpc) is 2.86. The third-order valence-corrected chi connectivity index (χ3v) is 4.53. The summed E-state index contributed by atoms with van der Waals surface area (Å²) in [7, 11) is 0. The van der Waals surface area contributed by atoms with Crippen LogP contribution < -0.4 is 5.32 Å². The van der Waals surface area contributed by atoms with Crippen molar-refractivity contribution >= 4 is 29.4 Å². The second kappa shape index (κ2) is 6.06. The molecular weight excluding hydrogens is 264 g/mol. The van der Waals surface area contributed by atoms with Gasteiger partial charge in [0, 0.05) is 22.9 Å². The molecule has 0 saturated heterocycles. The smallest absolute Gasteiger partial charge is 0.293 e. The van der Waals surface area contributed by atoms with Crippen molar-refractivity contribution in [1.82, 2.24) is 0 Å². The fourth-order valence-corrected chi connectivity index (χ4v) is 3.20. The molecule has 0 spiro atoms. The normalized spacial score (nSPS) is 22.2. The summed E-state index contributed by atoms with van der Waals surface area (Å²) in [6.45, 7) is 0. The lowest BCUT2D eigenvalue weighted by atomic mass is 10.1. The molecule has 0 radical (unpaired) electrons. The third kappa shape index (κ3) is 3.26. The van der Waals surface area contributed by atoms with Gasteiger partial charge < -0.3 is 5.32 Å². The SMILES string of the molecule is CSC1CCC(Nc2ccc(C=O)cc2[N+](=O)[O-])C1. The molecule has 0 aliphatic heterocycles. The monoisotopic (exact) mass is 280 g/mol. The Balaban J connectivity index is 2.16. The molecule has 1 aliphatic carbocycles. The van der Waals surface area contributed by atoms with Crippen molar-refractivity contribution in [2.24, 2.45) is 0 Å². The van der Waals surface area contributed by atoms with Gasteiger partial charge >= 0.3 is 0 Å². The minimum absolute atomic E-state index is 0.0304. The molecule has 0 amide bonds. The Morgan fingerprint density at radius 3 is 2.84 bits per heavy atom. The zero-order valence-electron chi connectivity index (χ0n) is 10.7. The number of benzene rings is 1. The maximum Gasteiger partial charge on any atom is 0.293 e. The first kappa shape index (κ1) is 13.9. The van der Waals surface area contributed by atoms with E-state index >= 15 is 0 Å². The van der Waals surface area contributed by atoms with E-state index in [1.165, 1.54) is 6.07 Å². The van der Waals surface area contributed by atoms with Gasteiger partial charge in [-0.05, 0) is 37.7 Å². The van der Waals surface area contributed by atoms with Crippen LogP contribution in [0.25, 0.3) is 0 Å². The van der Waals surface area contributed by atoms with Crippen LogP contribution in [0, 0.1) is 10.1 Å². The number of hydrogen-bond acceptors (Lipinski definition) is 5. The molecule has 0 aromatic heterocycles. The maximum absolute atomic E-state index is 11.0. The molecule has 0 heterocycles. The molecule has 6 heteroatoms. The number of carbonyl (C=O) groups excluding carboxylic acids is 1. The number of nitrogens with zero attached hydrogens (tertiary/aromatic N) is 1. The van der Waals surface area contributed by atoms with Crippen LogP contribution in [0.2, 0.25) is 0 Å². The lowest BCUT2D eigenvalue weighted by Gasteiger charge is -2.14. The van der Waals surface area contributed by atoms with Gasteiger partial charge in [-0.25, -0.2) is 0 Å². The molecular formula is C13H16N2O3S. The second-order valence-electron chi connectivity index (χ2n) is 4.66. The van der Waals surface area contributed by atoms with Crippen LogP contribution in [-0.2, 0) is 0 Å². The van der Waals surface area contributed by atoms with Gasteiger partial charge in [0.05, 0.1) is 4.92 Å². The van der Waals surface area contributed by atoms with E-state index in [1.54, 1.807) is 12.1 Å². The molecule has 0 bridgehead atoms. The van der Waals surface area contributed by atoms with Crippen LogP contribution in [0.5, 0.6) is 0 Å². The highest BCUT2D eigenvalue weighted by molar-refractivity contribution is 7.99. The zero-order valence-corrected chi connectivity index (χ0v) is 11.5. The molecule has 1 aromatic carbocycles. The maximum atomic E-state index is 11.0. The topological polar surface area (TPSA) is 72.2 Å². The summed E-state index contributed by atoms with van der Waals surface area (Å²) in [6, 6.07) is 4.81. The molecule has 2 atom stereocenters. The van der Waals surface area contributed by atoms with E-state index in [2.05, 4.69) is 11.6 Å². The highest BCUT2D eigenvalue weighted by Gasteiger charge is 2.25. The summed E-state index contributed by atoms with van der Waals surface area (Å²) >= 11 is 1.84. The Kier molecular flexibility index (Phi) is 4.42. The Morgan fingerprint density at radius 1 is 1.47 bits per heavy atom. The van der Waals surface area contributed by atoms with E-state index in [9.17, 15) is 14.9 Å². The first-order chi connectivity index (χ1) is 9.13. The quantitative estimate of drug-likeness (QED) is 0.509. The highest BCUT2D eigenvalue weighted by atomic mass is 32.2. The Morgan fingerprint density at radius 2 is 2.26 bits per heavy atom. The molecule has 1 saturated carbocycles. The number of rotatable bonds is 5. The van der Waals surface area contributed by atoms with Gasteiger partial charge in [-0.3, -0.25) is 14.9 Å². The summed E-state index contributed by atoms with van der Waals surface area (Å²) < 4.78 is 0. The number of hydrogen-bond donors (Lipinski definition) is 1. The van der Waals surface area contributed by atoms with Gasteiger partial charge in [0.2, 0.25) is 0 Å². The van der Waals surface area contributed by atoms with Crippen molar-refractivity contribution in [1.29, 1.82) is 0 Å². The van der Waals surface area contributed by atoms with E-state index < -0.39 is 4.92 Å². The van der Waals surface area contributed by atoms with Crippen molar-refractivity contribution in [3.05, 3.63) is 33.9 Å². The third-order valence-electron chi connectivity index (χ3n) is 3.43. The first-order valence-corrected chi connectivity index (χ1v) is 7.45. The zero-order chi connectivity index (χ0) is 13.8. The summed E-state index contributed by atoms with van der Waals surface area (Å²) in [5.41, 5.74) is 0.796. The molecule has 1 aliphatic rings. The minimum Gasteiger partial charge on any atom is -0.377 e. The van der Waals surface area contributed by atoms with E-state index in [4.69, 9.17) is 0 Å². The fraction of sp³-hybridized carbons (Fsp3) is 0.462. The van der Waals surface area contributed by atoms with E-state index in [0.29, 0.717) is 22.8 Å². The molecule has 1 N–H and O–H groups in total. The van der Waals surface area contributed by atoms with Crippen molar-refractivity contribution in [3.63, 3.8) is 0 Å². The predicted molar refractivity (Wildman–Crippen MR) is 77.0 cm³/mol. The Bertz CT molecular complexity index is 493. The van der Waals surface area contributed by atoms with E-state index in [1.807, 2.05) is 11.8 Å². The lowest BCUT2D eigenvalue weighted by Crippen LogP contribution is -2.17. The van der Waals surface area contributed by atoms with Crippen molar-refractivity contribution in [2.45, 2.75) is 30.6 Å². The Labute approximate surface area is 115 Å². The number of nitro groups is 1. The molecule has 102 valence electrons. The van der Waals surface area contributed by atoms with Crippen LogP contribution in [0.3, 0.4) is 0 Å². The summed E-state index contributed by atoms with van der Waals surface area (Å²) in [5, 5.41) is 14.9. The molecule has 5 nitrogen and oxygen atoms in total. The highest BCUT2D eigenvalue weighted by Crippen LogP contribution is 2.33. The largest absolute Gasteiger partial charge is 0.377 e. The Hall–Kier alpha value is -1.56. The van der Waals surface area contributed by atoms with Gasteiger partial charge in [0.25, 0.3) is 5.69 Å². The fourth-order valence-electron chi connectivity index (χ4n) is 2.40. The summed E-state index contributed by atoms with van der Waals surface area (Å²) in [4.78, 5) is 21.3. The molecule has 19 heavy (non-hydrogen) atoms. The standard InChI is InChI=1S/C13H16N2O3S/c1-19-11-4-3-10(7-11)14-12-5-2-9(8-16)6-13(12)15(17)18/h2,5-6,8,10-11,14H,3-4,7H2,1H3. The summed E-state index contributed by atoms with van der Waals surface area (Å²) in [6.07, 6.45) is 5.90. The number of aldehydes is 1. The van der Waals surface area contributed by atoms with Crippen molar-refractivity contribution in [3.8, 4) is 0 Å². The summed E-state index contributed by atoms with van der Waals surface area (Å²) in [5.74, 6) is 0. The molecule has 2 rings (SSSR count). The van der Waals surface area contributed by atoms with Crippen molar-refractivity contribution in [2.75, 3.05) is 11.6 Å². The van der Waals surface area contributed by atoms with Gasteiger partial charge in [-0.1, -0.05) is 0 Å². The van der Waals surface area contributed by atoms with Crippen LogP contribution in [0.1, 0.15) is 29.6 Å². The molecule has 2 unspecified atom stereocenters.